The normalized spacial score (nSPS) is 13.5. The molecule has 0 N–H and O–H groups in total. The van der Waals surface area contributed by atoms with Gasteiger partial charge in [0, 0.05) is 37.0 Å². The summed E-state index contributed by atoms with van der Waals surface area (Å²) < 4.78 is 3.06. The van der Waals surface area contributed by atoms with Crippen LogP contribution in [0.3, 0.4) is 0 Å². The summed E-state index contributed by atoms with van der Waals surface area (Å²) in [5.41, 5.74) is 2.19. The first-order valence-electron chi connectivity index (χ1n) is 7.14. The molecule has 1 amide bonds. The van der Waals surface area contributed by atoms with Crippen molar-refractivity contribution in [1.29, 1.82) is 0 Å². The maximum absolute atomic E-state index is 12.5. The number of hydrogen-bond acceptors (Lipinski definition) is 3. The SMILES string of the molecule is O=C(Cn1ccn2ccnc2c1=O)N1CCc2ccccc21. The van der Waals surface area contributed by atoms with E-state index in [0.29, 0.717) is 12.2 Å². The first-order valence-corrected chi connectivity index (χ1v) is 7.14. The van der Waals surface area contributed by atoms with Gasteiger partial charge in [-0.1, -0.05) is 18.2 Å². The lowest BCUT2D eigenvalue weighted by molar-refractivity contribution is -0.119. The predicted molar refractivity (Wildman–Crippen MR) is 82.0 cm³/mol. The second-order valence-corrected chi connectivity index (χ2v) is 5.31. The molecule has 0 atom stereocenters. The Hall–Kier alpha value is -2.89. The van der Waals surface area contributed by atoms with Crippen LogP contribution in [0, 0.1) is 0 Å². The van der Waals surface area contributed by atoms with Gasteiger partial charge in [-0.15, -0.1) is 0 Å². The van der Waals surface area contributed by atoms with Crippen LogP contribution in [0.2, 0.25) is 0 Å². The number of benzene rings is 1. The molecule has 0 fully saturated rings. The highest BCUT2D eigenvalue weighted by Crippen LogP contribution is 2.27. The molecule has 0 spiro atoms. The van der Waals surface area contributed by atoms with Gasteiger partial charge in [-0.05, 0) is 18.1 Å². The lowest BCUT2D eigenvalue weighted by Crippen LogP contribution is -2.35. The minimum Gasteiger partial charge on any atom is -0.310 e. The van der Waals surface area contributed by atoms with Crippen LogP contribution in [-0.4, -0.2) is 26.4 Å². The van der Waals surface area contributed by atoms with Gasteiger partial charge in [0.1, 0.15) is 6.54 Å². The smallest absolute Gasteiger partial charge is 0.294 e. The molecule has 0 saturated heterocycles. The maximum atomic E-state index is 12.5. The van der Waals surface area contributed by atoms with Gasteiger partial charge in [-0.2, -0.15) is 0 Å². The fraction of sp³-hybridized carbons (Fsp3) is 0.188. The molecule has 22 heavy (non-hydrogen) atoms. The molecule has 0 bridgehead atoms. The summed E-state index contributed by atoms with van der Waals surface area (Å²) >= 11 is 0. The Kier molecular flexibility index (Phi) is 2.82. The van der Waals surface area contributed by atoms with E-state index in [1.807, 2.05) is 24.3 Å². The zero-order valence-corrected chi connectivity index (χ0v) is 11.8. The average Bonchev–Trinajstić information content (AvgIpc) is 3.16. The van der Waals surface area contributed by atoms with Crippen molar-refractivity contribution < 1.29 is 4.79 Å². The van der Waals surface area contributed by atoms with E-state index in [0.717, 1.165) is 12.1 Å². The third-order valence-electron chi connectivity index (χ3n) is 4.02. The van der Waals surface area contributed by atoms with Gasteiger partial charge in [-0.3, -0.25) is 9.59 Å². The fourth-order valence-corrected chi connectivity index (χ4v) is 2.90. The number of carbonyl (C=O) groups is 1. The van der Waals surface area contributed by atoms with Crippen LogP contribution < -0.4 is 10.5 Å². The van der Waals surface area contributed by atoms with E-state index in [-0.39, 0.29) is 18.0 Å². The summed E-state index contributed by atoms with van der Waals surface area (Å²) in [6, 6.07) is 7.88. The van der Waals surface area contributed by atoms with Crippen molar-refractivity contribution in [3.05, 3.63) is 65.0 Å². The van der Waals surface area contributed by atoms with Crippen LogP contribution in [0.5, 0.6) is 0 Å². The fourth-order valence-electron chi connectivity index (χ4n) is 2.90. The Balaban J connectivity index is 1.64. The number of carbonyl (C=O) groups excluding carboxylic acids is 1. The minimum absolute atomic E-state index is 0.0243. The van der Waals surface area contributed by atoms with E-state index >= 15 is 0 Å². The lowest BCUT2D eigenvalue weighted by Gasteiger charge is -2.18. The van der Waals surface area contributed by atoms with Crippen molar-refractivity contribution in [3.63, 3.8) is 0 Å². The zero-order chi connectivity index (χ0) is 15.1. The highest BCUT2D eigenvalue weighted by atomic mass is 16.2. The Morgan fingerprint density at radius 3 is 2.95 bits per heavy atom. The van der Waals surface area contributed by atoms with Crippen LogP contribution in [0.4, 0.5) is 5.69 Å². The molecule has 0 unspecified atom stereocenters. The summed E-state index contributed by atoms with van der Waals surface area (Å²) in [4.78, 5) is 30.6. The van der Waals surface area contributed by atoms with E-state index in [1.54, 1.807) is 34.1 Å². The number of fused-ring (bicyclic) bond motifs is 2. The van der Waals surface area contributed by atoms with Gasteiger partial charge in [0.2, 0.25) is 11.6 Å². The van der Waals surface area contributed by atoms with Crippen molar-refractivity contribution >= 4 is 17.2 Å². The van der Waals surface area contributed by atoms with Gasteiger partial charge in [0.05, 0.1) is 0 Å². The molecule has 1 aromatic carbocycles. The van der Waals surface area contributed by atoms with Crippen molar-refractivity contribution in [2.45, 2.75) is 13.0 Å². The van der Waals surface area contributed by atoms with Crippen LogP contribution >= 0.6 is 0 Å². The Labute approximate surface area is 126 Å². The molecular formula is C16H14N4O2. The molecule has 6 heteroatoms. The molecule has 0 saturated carbocycles. The molecule has 4 rings (SSSR count). The first kappa shape index (κ1) is 12.8. The quantitative estimate of drug-likeness (QED) is 0.711. The molecule has 6 nitrogen and oxygen atoms in total. The molecule has 3 heterocycles. The Morgan fingerprint density at radius 1 is 1.18 bits per heavy atom. The first-order chi connectivity index (χ1) is 10.7. The largest absolute Gasteiger partial charge is 0.310 e. The van der Waals surface area contributed by atoms with E-state index in [2.05, 4.69) is 4.98 Å². The second-order valence-electron chi connectivity index (χ2n) is 5.31. The van der Waals surface area contributed by atoms with Crippen LogP contribution in [0.15, 0.2) is 53.8 Å². The van der Waals surface area contributed by atoms with E-state index in [9.17, 15) is 9.59 Å². The predicted octanol–water partition coefficient (Wildman–Crippen LogP) is 1.09. The summed E-state index contributed by atoms with van der Waals surface area (Å²) in [5, 5.41) is 0. The molecule has 0 aliphatic carbocycles. The third kappa shape index (κ3) is 1.92. The molecule has 110 valence electrons. The number of anilines is 1. The van der Waals surface area contributed by atoms with Gasteiger partial charge < -0.3 is 13.9 Å². The van der Waals surface area contributed by atoms with Gasteiger partial charge in [0.25, 0.3) is 5.56 Å². The van der Waals surface area contributed by atoms with Crippen LogP contribution in [0.25, 0.3) is 5.65 Å². The average molecular weight is 294 g/mol. The van der Waals surface area contributed by atoms with E-state index < -0.39 is 0 Å². The number of aromatic nitrogens is 3. The number of rotatable bonds is 2. The van der Waals surface area contributed by atoms with E-state index in [4.69, 9.17) is 0 Å². The van der Waals surface area contributed by atoms with Crippen LogP contribution in [-0.2, 0) is 17.8 Å². The number of nitrogens with zero attached hydrogens (tertiary/aromatic N) is 4. The number of amides is 1. The molecule has 0 radical (unpaired) electrons. The van der Waals surface area contributed by atoms with Gasteiger partial charge in [-0.25, -0.2) is 4.98 Å². The summed E-state index contributed by atoms with van der Waals surface area (Å²) in [7, 11) is 0. The summed E-state index contributed by atoms with van der Waals surface area (Å²) in [6.07, 6.45) is 7.49. The Bertz CT molecular complexity index is 925. The van der Waals surface area contributed by atoms with Crippen molar-refractivity contribution in [3.8, 4) is 0 Å². The van der Waals surface area contributed by atoms with Crippen molar-refractivity contribution in [1.82, 2.24) is 14.0 Å². The molecular weight excluding hydrogens is 280 g/mol. The number of imidazole rings is 1. The van der Waals surface area contributed by atoms with Crippen molar-refractivity contribution in [2.24, 2.45) is 0 Å². The molecule has 1 aliphatic heterocycles. The van der Waals surface area contributed by atoms with Crippen LogP contribution in [0.1, 0.15) is 5.56 Å². The minimum atomic E-state index is -0.256. The standard InChI is InChI=1S/C16H14N4O2/c21-14(20-7-5-12-3-1-2-4-13(12)20)11-19-10-9-18-8-6-17-15(18)16(19)22/h1-4,6,8-10H,5,7,11H2. The van der Waals surface area contributed by atoms with Crippen molar-refractivity contribution in [2.75, 3.05) is 11.4 Å². The number of para-hydroxylation sites is 1. The van der Waals surface area contributed by atoms with Gasteiger partial charge >= 0.3 is 0 Å². The van der Waals surface area contributed by atoms with E-state index in [1.165, 1.54) is 10.1 Å². The second kappa shape index (κ2) is 4.84. The topological polar surface area (TPSA) is 59.6 Å². The van der Waals surface area contributed by atoms with Gasteiger partial charge in [0.15, 0.2) is 0 Å². The molecule has 2 aromatic heterocycles. The number of hydrogen-bond donors (Lipinski definition) is 0. The summed E-state index contributed by atoms with van der Waals surface area (Å²) in [5.74, 6) is -0.0806. The lowest BCUT2D eigenvalue weighted by atomic mass is 10.2. The highest BCUT2D eigenvalue weighted by Gasteiger charge is 2.24. The molecule has 3 aromatic rings. The summed E-state index contributed by atoms with van der Waals surface area (Å²) in [6.45, 7) is 0.690. The zero-order valence-electron chi connectivity index (χ0n) is 11.8. The third-order valence-corrected chi connectivity index (χ3v) is 4.02. The highest BCUT2D eigenvalue weighted by molar-refractivity contribution is 5.95. The monoisotopic (exact) mass is 294 g/mol. The molecule has 1 aliphatic rings. The maximum Gasteiger partial charge on any atom is 0.294 e. The Morgan fingerprint density at radius 2 is 2.05 bits per heavy atom.